The molecule has 2 heterocycles. The van der Waals surface area contributed by atoms with Crippen LogP contribution >= 0.6 is 11.3 Å². The number of carbonyl (C=O) groups excluding carboxylic acids is 1. The largest absolute Gasteiger partial charge is 0.492 e. The maximum atomic E-state index is 13.3. The molecule has 1 aliphatic heterocycles. The topological polar surface area (TPSA) is 69.7 Å². The van der Waals surface area contributed by atoms with Crippen molar-refractivity contribution in [3.63, 3.8) is 0 Å². The molecule has 0 spiro atoms. The summed E-state index contributed by atoms with van der Waals surface area (Å²) in [5, 5.41) is 4.40. The second-order valence-corrected chi connectivity index (χ2v) is 10.3. The van der Waals surface area contributed by atoms with E-state index in [0.29, 0.717) is 17.7 Å². The molecule has 7 heteroatoms. The lowest BCUT2D eigenvalue weighted by Gasteiger charge is -2.32. The Hall–Kier alpha value is -2.90. The Morgan fingerprint density at radius 2 is 2.14 bits per heavy atom. The minimum Gasteiger partial charge on any atom is -0.492 e. The third-order valence-electron chi connectivity index (χ3n) is 6.86. The molecule has 184 valence electrons. The maximum Gasteiger partial charge on any atom is 0.194 e. The van der Waals surface area contributed by atoms with Crippen LogP contribution in [0.15, 0.2) is 66.5 Å². The minimum atomic E-state index is 0.0187. The molecule has 1 saturated carbocycles. The Balaban J connectivity index is 1.22. The van der Waals surface area contributed by atoms with E-state index in [2.05, 4.69) is 28.5 Å². The molecule has 1 N–H and O–H groups in total. The summed E-state index contributed by atoms with van der Waals surface area (Å²) in [6.07, 6.45) is 18.0. The summed E-state index contributed by atoms with van der Waals surface area (Å²) in [5.41, 5.74) is 2.21. The highest BCUT2D eigenvalue weighted by molar-refractivity contribution is 7.20. The van der Waals surface area contributed by atoms with Crippen LogP contribution in [0.4, 0.5) is 0 Å². The highest BCUT2D eigenvalue weighted by Gasteiger charge is 2.31. The van der Waals surface area contributed by atoms with Crippen LogP contribution in [0.3, 0.4) is 0 Å². The molecule has 1 unspecified atom stereocenters. The standard InChI is InChI=1S/C28H32N2O4S/c1-2-33-23-9-6-10-25-26(23)30-28(35-25)27(31)20-11-13-21(14-12-20)29-22(24-18-32-15-16-34-24)17-19-7-4-3-5-8-19/h3-4,6-7,9-10,15-16,18,20-22,29H,2,5,8,11-14,17H2,1H3. The zero-order chi connectivity index (χ0) is 24.0. The molecule has 0 radical (unpaired) electrons. The minimum absolute atomic E-state index is 0.0187. The number of Topliss-reactive ketones (excluding diaryl/α,β-unsaturated/α-hetero) is 1. The van der Waals surface area contributed by atoms with Crippen LogP contribution < -0.4 is 10.1 Å². The smallest absolute Gasteiger partial charge is 0.194 e. The number of hydrogen-bond donors (Lipinski definition) is 1. The predicted octanol–water partition coefficient (Wildman–Crippen LogP) is 6.42. The Bertz CT molecular complexity index is 1170. The summed E-state index contributed by atoms with van der Waals surface area (Å²) >= 11 is 1.48. The number of nitrogens with one attached hydrogen (secondary N) is 1. The molecule has 35 heavy (non-hydrogen) atoms. The summed E-state index contributed by atoms with van der Waals surface area (Å²) in [6, 6.07) is 6.26. The molecule has 2 aromatic rings. The molecular weight excluding hydrogens is 460 g/mol. The number of rotatable bonds is 9. The van der Waals surface area contributed by atoms with Crippen molar-refractivity contribution in [2.24, 2.45) is 5.92 Å². The van der Waals surface area contributed by atoms with Gasteiger partial charge in [0.15, 0.2) is 16.6 Å². The van der Waals surface area contributed by atoms with Gasteiger partial charge in [-0.2, -0.15) is 0 Å². The Kier molecular flexibility index (Phi) is 7.64. The van der Waals surface area contributed by atoms with Crippen molar-refractivity contribution in [2.45, 2.75) is 64.0 Å². The third kappa shape index (κ3) is 5.68. The average molecular weight is 493 g/mol. The fourth-order valence-electron chi connectivity index (χ4n) is 5.05. The van der Waals surface area contributed by atoms with E-state index in [4.69, 9.17) is 14.2 Å². The molecule has 6 nitrogen and oxygen atoms in total. The van der Waals surface area contributed by atoms with Crippen LogP contribution in [0.1, 0.15) is 61.7 Å². The van der Waals surface area contributed by atoms with Gasteiger partial charge in [0, 0.05) is 12.0 Å². The molecule has 2 aliphatic carbocycles. The van der Waals surface area contributed by atoms with Crippen molar-refractivity contribution in [1.29, 1.82) is 0 Å². The molecule has 1 aromatic carbocycles. The van der Waals surface area contributed by atoms with Crippen molar-refractivity contribution >= 4 is 27.3 Å². The first-order chi connectivity index (χ1) is 17.2. The lowest BCUT2D eigenvalue weighted by molar-refractivity contribution is 0.0876. The number of carbonyl (C=O) groups is 1. The summed E-state index contributed by atoms with van der Waals surface area (Å²) in [6.45, 7) is 2.54. The highest BCUT2D eigenvalue weighted by Crippen LogP contribution is 2.34. The van der Waals surface area contributed by atoms with Crippen LogP contribution in [-0.2, 0) is 9.47 Å². The fourth-order valence-corrected chi connectivity index (χ4v) is 6.05. The van der Waals surface area contributed by atoms with Crippen molar-refractivity contribution in [3.8, 4) is 5.75 Å². The van der Waals surface area contributed by atoms with E-state index in [0.717, 1.165) is 66.7 Å². The van der Waals surface area contributed by atoms with Gasteiger partial charge in [-0.1, -0.05) is 29.9 Å². The first-order valence-electron chi connectivity index (χ1n) is 12.6. The summed E-state index contributed by atoms with van der Waals surface area (Å²) < 4.78 is 17.9. The van der Waals surface area contributed by atoms with E-state index in [1.54, 1.807) is 18.8 Å². The van der Waals surface area contributed by atoms with Crippen LogP contribution in [-0.4, -0.2) is 29.5 Å². The van der Waals surface area contributed by atoms with Gasteiger partial charge < -0.3 is 19.5 Å². The Labute approximate surface area is 210 Å². The first kappa shape index (κ1) is 23.8. The number of ketones is 1. The van der Waals surface area contributed by atoms with Gasteiger partial charge >= 0.3 is 0 Å². The van der Waals surface area contributed by atoms with E-state index in [1.165, 1.54) is 16.9 Å². The Morgan fingerprint density at radius 3 is 2.89 bits per heavy atom. The second kappa shape index (κ2) is 11.2. The fraction of sp³-hybridized carbons (Fsp3) is 0.429. The number of benzene rings is 1. The molecule has 5 rings (SSSR count). The number of thiazole rings is 1. The molecule has 1 atom stereocenters. The molecule has 0 bridgehead atoms. The van der Waals surface area contributed by atoms with Crippen LogP contribution in [0.2, 0.25) is 0 Å². The van der Waals surface area contributed by atoms with Crippen LogP contribution in [0, 0.1) is 5.92 Å². The van der Waals surface area contributed by atoms with E-state index in [1.807, 2.05) is 25.1 Å². The van der Waals surface area contributed by atoms with E-state index in [9.17, 15) is 4.79 Å². The number of para-hydroxylation sites is 1. The first-order valence-corrected chi connectivity index (χ1v) is 13.4. The zero-order valence-corrected chi connectivity index (χ0v) is 20.9. The number of aromatic nitrogens is 1. The highest BCUT2D eigenvalue weighted by atomic mass is 32.1. The molecule has 1 fully saturated rings. The average Bonchev–Trinajstić information content (AvgIpc) is 3.35. The normalized spacial score (nSPS) is 22.7. The van der Waals surface area contributed by atoms with Crippen LogP contribution in [0.25, 0.3) is 10.2 Å². The quantitative estimate of drug-likeness (QED) is 0.407. The molecule has 0 saturated heterocycles. The number of allylic oxidation sites excluding steroid dienone is 3. The molecule has 0 amide bonds. The predicted molar refractivity (Wildman–Crippen MR) is 138 cm³/mol. The third-order valence-corrected chi connectivity index (χ3v) is 7.89. The van der Waals surface area contributed by atoms with Gasteiger partial charge in [-0.3, -0.25) is 4.79 Å². The molecule has 3 aliphatic rings. The van der Waals surface area contributed by atoms with Crippen molar-refractivity contribution < 1.29 is 19.0 Å². The summed E-state index contributed by atoms with van der Waals surface area (Å²) in [7, 11) is 0. The summed E-state index contributed by atoms with van der Waals surface area (Å²) in [4.78, 5) is 18.0. The van der Waals surface area contributed by atoms with Crippen LogP contribution in [0.5, 0.6) is 5.75 Å². The number of hydrogen-bond acceptors (Lipinski definition) is 7. The van der Waals surface area contributed by atoms with E-state index in [-0.39, 0.29) is 17.7 Å². The van der Waals surface area contributed by atoms with Gasteiger partial charge in [0.1, 0.15) is 30.1 Å². The van der Waals surface area contributed by atoms with E-state index < -0.39 is 0 Å². The number of fused-ring (bicyclic) bond motifs is 1. The van der Waals surface area contributed by atoms with Crippen molar-refractivity contribution in [2.75, 3.05) is 6.61 Å². The van der Waals surface area contributed by atoms with Gasteiger partial charge in [0.25, 0.3) is 0 Å². The van der Waals surface area contributed by atoms with Gasteiger partial charge in [0.2, 0.25) is 0 Å². The second-order valence-electron chi connectivity index (χ2n) is 9.23. The molecular formula is C28H32N2O4S. The van der Waals surface area contributed by atoms with Crippen molar-refractivity contribution in [3.05, 3.63) is 71.6 Å². The SMILES string of the molecule is CCOc1cccc2sc(C(=O)C3CCC(NC(CC4=CC=CCC4)C4=COC=CO4)CC3)nc12. The Morgan fingerprint density at radius 1 is 1.26 bits per heavy atom. The maximum absolute atomic E-state index is 13.3. The van der Waals surface area contributed by atoms with Gasteiger partial charge in [-0.15, -0.1) is 11.3 Å². The van der Waals surface area contributed by atoms with Gasteiger partial charge in [0.05, 0.1) is 17.3 Å². The monoisotopic (exact) mass is 492 g/mol. The van der Waals surface area contributed by atoms with Gasteiger partial charge in [-0.25, -0.2) is 4.98 Å². The summed E-state index contributed by atoms with van der Waals surface area (Å²) in [5.74, 6) is 1.74. The lowest BCUT2D eigenvalue weighted by atomic mass is 9.83. The zero-order valence-electron chi connectivity index (χ0n) is 20.1. The molecule has 1 aromatic heterocycles. The van der Waals surface area contributed by atoms with Crippen molar-refractivity contribution in [1.82, 2.24) is 10.3 Å². The van der Waals surface area contributed by atoms with E-state index >= 15 is 0 Å². The lowest BCUT2D eigenvalue weighted by Crippen LogP contribution is -2.43. The van der Waals surface area contributed by atoms with Gasteiger partial charge in [-0.05, 0) is 64.0 Å². The number of ether oxygens (including phenoxy) is 3. The number of nitrogens with zero attached hydrogens (tertiary/aromatic N) is 1.